The minimum Gasteiger partial charge on any atom is -0.484 e. The van der Waals surface area contributed by atoms with E-state index >= 15 is 4.39 Å². The smallest absolute Gasteiger partial charge is 0.412 e. The van der Waals surface area contributed by atoms with Gasteiger partial charge in [-0.2, -0.15) is 0 Å². The maximum absolute atomic E-state index is 15.1. The number of halogens is 1. The number of hydrogen-bond donors (Lipinski definition) is 1. The first-order valence-corrected chi connectivity index (χ1v) is 14.2. The van der Waals surface area contributed by atoms with E-state index in [1.165, 1.54) is 42.8 Å². The maximum Gasteiger partial charge on any atom is 0.412 e. The summed E-state index contributed by atoms with van der Waals surface area (Å²) in [6.07, 6.45) is 0.678. The molecule has 0 unspecified atom stereocenters. The zero-order chi connectivity index (χ0) is 30.7. The Kier molecular flexibility index (Phi) is 8.62. The third kappa shape index (κ3) is 6.61. The number of carbonyl (C=O) groups excluding carboxylic acids is 2. The van der Waals surface area contributed by atoms with Crippen molar-refractivity contribution in [2.75, 3.05) is 19.0 Å². The van der Waals surface area contributed by atoms with Gasteiger partial charge in [0.2, 0.25) is 5.88 Å². The number of methoxy groups -OCH3 is 1. The van der Waals surface area contributed by atoms with Crippen molar-refractivity contribution >= 4 is 50.3 Å². The van der Waals surface area contributed by atoms with Crippen molar-refractivity contribution < 1.29 is 32.9 Å². The van der Waals surface area contributed by atoms with Crippen molar-refractivity contribution in [2.45, 2.75) is 39.9 Å². The molecule has 0 spiro atoms. The number of pyridine rings is 1. The van der Waals surface area contributed by atoms with Crippen LogP contribution in [0.1, 0.15) is 36.8 Å². The van der Waals surface area contributed by atoms with Gasteiger partial charge in [-0.25, -0.2) is 33.9 Å². The third-order valence-corrected chi connectivity index (χ3v) is 7.46. The second kappa shape index (κ2) is 12.5. The number of anilines is 1. The van der Waals surface area contributed by atoms with Crippen LogP contribution in [0.4, 0.5) is 14.9 Å². The number of aromatic nitrogens is 4. The first-order chi connectivity index (χ1) is 20.6. The molecule has 0 bridgehead atoms. The van der Waals surface area contributed by atoms with Crippen molar-refractivity contribution in [3.63, 3.8) is 0 Å². The van der Waals surface area contributed by atoms with Crippen LogP contribution in [0.3, 0.4) is 0 Å². The summed E-state index contributed by atoms with van der Waals surface area (Å²) in [5, 5.41) is 3.19. The molecule has 0 saturated carbocycles. The van der Waals surface area contributed by atoms with Gasteiger partial charge in [-0.1, -0.05) is 0 Å². The van der Waals surface area contributed by atoms with E-state index in [0.29, 0.717) is 44.4 Å². The number of esters is 1. The lowest BCUT2D eigenvalue weighted by molar-refractivity contribution is 0.0402. The van der Waals surface area contributed by atoms with Crippen LogP contribution in [0.15, 0.2) is 48.8 Å². The molecule has 222 valence electrons. The van der Waals surface area contributed by atoms with Gasteiger partial charge in [0, 0.05) is 17.7 Å². The molecule has 0 aliphatic heterocycles. The first kappa shape index (κ1) is 29.6. The SMILES string of the molecule is CCOc1cnc2c(-c3nc4cc(F)c(O[C@@H](C)[C@@H](C)OC(=O)Nc5ccc(C(=O)OC)nc5)cc4s3)cc(C)cc2n1. The van der Waals surface area contributed by atoms with E-state index in [9.17, 15) is 9.59 Å². The molecule has 13 heteroatoms. The number of rotatable bonds is 9. The molecule has 0 radical (unpaired) electrons. The van der Waals surface area contributed by atoms with Crippen molar-refractivity contribution in [1.82, 2.24) is 19.9 Å². The van der Waals surface area contributed by atoms with Gasteiger partial charge < -0.3 is 18.9 Å². The summed E-state index contributed by atoms with van der Waals surface area (Å²) >= 11 is 1.38. The molecule has 0 fully saturated rings. The van der Waals surface area contributed by atoms with Crippen molar-refractivity contribution in [3.05, 3.63) is 65.9 Å². The quantitative estimate of drug-likeness (QED) is 0.190. The van der Waals surface area contributed by atoms with Gasteiger partial charge in [0.15, 0.2) is 11.6 Å². The summed E-state index contributed by atoms with van der Waals surface area (Å²) < 4.78 is 37.2. The molecule has 2 aromatic carbocycles. The lowest BCUT2D eigenvalue weighted by Crippen LogP contribution is -2.32. The molecule has 5 aromatic rings. The summed E-state index contributed by atoms with van der Waals surface area (Å²) in [7, 11) is 1.25. The van der Waals surface area contributed by atoms with Crippen LogP contribution in [0.2, 0.25) is 0 Å². The average Bonchev–Trinajstić information content (AvgIpc) is 3.39. The predicted molar refractivity (Wildman–Crippen MR) is 159 cm³/mol. The second-order valence-corrected chi connectivity index (χ2v) is 10.6. The van der Waals surface area contributed by atoms with Crippen LogP contribution >= 0.6 is 11.3 Å². The fourth-order valence-electron chi connectivity index (χ4n) is 4.16. The molecule has 0 saturated heterocycles. The van der Waals surface area contributed by atoms with E-state index in [4.69, 9.17) is 14.2 Å². The molecule has 11 nitrogen and oxygen atoms in total. The zero-order valence-corrected chi connectivity index (χ0v) is 24.8. The van der Waals surface area contributed by atoms with Gasteiger partial charge in [0.1, 0.15) is 22.9 Å². The highest BCUT2D eigenvalue weighted by Crippen LogP contribution is 2.37. The van der Waals surface area contributed by atoms with Gasteiger partial charge in [-0.3, -0.25) is 5.32 Å². The topological polar surface area (TPSA) is 135 Å². The van der Waals surface area contributed by atoms with Crippen LogP contribution < -0.4 is 14.8 Å². The lowest BCUT2D eigenvalue weighted by Gasteiger charge is -2.22. The van der Waals surface area contributed by atoms with Gasteiger partial charge >= 0.3 is 12.1 Å². The third-order valence-electron chi connectivity index (χ3n) is 6.40. The highest BCUT2D eigenvalue weighted by atomic mass is 32.1. The van der Waals surface area contributed by atoms with Gasteiger partial charge in [0.25, 0.3) is 0 Å². The molecule has 5 rings (SSSR count). The Balaban J connectivity index is 1.30. The number of hydrogen-bond acceptors (Lipinski definition) is 11. The average molecular weight is 606 g/mol. The Hall–Kier alpha value is -4.91. The van der Waals surface area contributed by atoms with E-state index in [2.05, 4.69) is 30.0 Å². The standard InChI is InChI=1S/C30H28FN5O6S/c1-6-40-26-14-33-27-19(9-15(2)10-23(27)35-26)28-36-22-11-20(31)24(12-25(22)43-28)41-16(3)17(4)42-30(38)34-18-7-8-21(32-13-18)29(37)39-5/h7-14,16-17H,6H2,1-5H3,(H,34,38)/t16-,17+/m0/s1. The lowest BCUT2D eigenvalue weighted by atomic mass is 10.1. The predicted octanol–water partition coefficient (Wildman–Crippen LogP) is 6.34. The summed E-state index contributed by atoms with van der Waals surface area (Å²) in [5.74, 6) is -0.748. The summed E-state index contributed by atoms with van der Waals surface area (Å²) in [5.41, 5.74) is 3.99. The fraction of sp³-hybridized carbons (Fsp3) is 0.267. The number of nitrogens with zero attached hydrogens (tertiary/aromatic N) is 4. The number of carbonyl (C=O) groups is 2. The highest BCUT2D eigenvalue weighted by Gasteiger charge is 2.22. The Morgan fingerprint density at radius 3 is 2.56 bits per heavy atom. The zero-order valence-electron chi connectivity index (χ0n) is 24.0. The molecule has 43 heavy (non-hydrogen) atoms. The van der Waals surface area contributed by atoms with Crippen LogP contribution in [0.5, 0.6) is 11.6 Å². The van der Waals surface area contributed by atoms with Crippen LogP contribution in [-0.4, -0.2) is 57.9 Å². The minimum absolute atomic E-state index is 0.00362. The largest absolute Gasteiger partial charge is 0.484 e. The van der Waals surface area contributed by atoms with Crippen LogP contribution in [0, 0.1) is 12.7 Å². The molecule has 0 aliphatic carbocycles. The Bertz CT molecular complexity index is 1810. The van der Waals surface area contributed by atoms with E-state index < -0.39 is 30.1 Å². The van der Waals surface area contributed by atoms with Crippen molar-refractivity contribution in [1.29, 1.82) is 0 Å². The van der Waals surface area contributed by atoms with Crippen LogP contribution in [-0.2, 0) is 9.47 Å². The number of benzene rings is 2. The molecule has 2 atom stereocenters. The van der Waals surface area contributed by atoms with Crippen molar-refractivity contribution in [2.24, 2.45) is 0 Å². The highest BCUT2D eigenvalue weighted by molar-refractivity contribution is 7.21. The van der Waals surface area contributed by atoms with Crippen LogP contribution in [0.25, 0.3) is 31.8 Å². The number of fused-ring (bicyclic) bond motifs is 2. The monoisotopic (exact) mass is 605 g/mol. The molecule has 0 aliphatic rings. The first-order valence-electron chi connectivity index (χ1n) is 13.3. The molecule has 3 heterocycles. The van der Waals surface area contributed by atoms with Gasteiger partial charge in [0.05, 0.1) is 53.0 Å². The van der Waals surface area contributed by atoms with E-state index in [0.717, 1.165) is 11.1 Å². The number of nitrogens with one attached hydrogen (secondary N) is 1. The van der Waals surface area contributed by atoms with Crippen molar-refractivity contribution in [3.8, 4) is 22.2 Å². The molecular formula is C30H28FN5O6S. The number of amides is 1. The Morgan fingerprint density at radius 2 is 1.84 bits per heavy atom. The fourth-order valence-corrected chi connectivity index (χ4v) is 5.16. The molecule has 1 amide bonds. The summed E-state index contributed by atoms with van der Waals surface area (Å²) in [4.78, 5) is 41.6. The Morgan fingerprint density at radius 1 is 1.02 bits per heavy atom. The maximum atomic E-state index is 15.1. The van der Waals surface area contributed by atoms with E-state index in [-0.39, 0.29) is 11.4 Å². The minimum atomic E-state index is -0.763. The molecule has 1 N–H and O–H groups in total. The number of ether oxygens (including phenoxy) is 4. The van der Waals surface area contributed by atoms with E-state index in [1.807, 2.05) is 26.0 Å². The number of aryl methyl sites for hydroxylation is 1. The summed E-state index contributed by atoms with van der Waals surface area (Å²) in [6, 6.07) is 9.70. The number of thiazole rings is 1. The summed E-state index contributed by atoms with van der Waals surface area (Å²) in [6.45, 7) is 7.62. The van der Waals surface area contributed by atoms with Gasteiger partial charge in [-0.15, -0.1) is 11.3 Å². The van der Waals surface area contributed by atoms with Gasteiger partial charge in [-0.05, 0) is 57.5 Å². The van der Waals surface area contributed by atoms with E-state index in [1.54, 1.807) is 26.1 Å². The second-order valence-electron chi connectivity index (χ2n) is 9.57. The Labute approximate surface area is 250 Å². The molecular weight excluding hydrogens is 577 g/mol. The normalized spacial score (nSPS) is 12.5. The molecule has 3 aromatic heterocycles.